The van der Waals surface area contributed by atoms with Crippen LogP contribution in [-0.2, 0) is 28.0 Å². The summed E-state index contributed by atoms with van der Waals surface area (Å²) in [5.74, 6) is 1.96. The number of hydrogen-bond donors (Lipinski definition) is 5. The van der Waals surface area contributed by atoms with Gasteiger partial charge in [0.2, 0.25) is 6.79 Å². The number of aryl methyl sites for hydroxylation is 1. The van der Waals surface area contributed by atoms with Gasteiger partial charge in [-0.2, -0.15) is 0 Å². The van der Waals surface area contributed by atoms with E-state index in [0.29, 0.717) is 64.0 Å². The van der Waals surface area contributed by atoms with Crippen LogP contribution in [0.25, 0.3) is 0 Å². The Balaban J connectivity index is -0.000000262. The Bertz CT molecular complexity index is 2340. The van der Waals surface area contributed by atoms with E-state index >= 15 is 4.79 Å². The van der Waals surface area contributed by atoms with Crippen LogP contribution in [-0.4, -0.2) is 94.2 Å². The number of likely N-dealkylation sites (N-methyl/N-ethyl adjacent to an activating group) is 1. The molecule has 1 spiro atoms. The summed E-state index contributed by atoms with van der Waals surface area (Å²) in [6, 6.07) is 2.09. The minimum absolute atomic E-state index is 0. The normalized spacial score (nSPS) is 22.4. The Morgan fingerprint density at radius 3 is 1.72 bits per heavy atom. The molecule has 6 heterocycles. The quantitative estimate of drug-likeness (QED) is 0.122. The largest absolute Gasteiger partial charge is 1.00 e. The van der Waals surface area contributed by atoms with Gasteiger partial charge in [-0.3, -0.25) is 9.69 Å². The number of nitrogens with zero attached hydrogens (tertiary/aromatic N) is 2. The third-order valence-electron chi connectivity index (χ3n) is 12.8. The van der Waals surface area contributed by atoms with Crippen molar-refractivity contribution in [1.29, 1.82) is 0 Å². The maximum atomic E-state index is 15.2. The molecule has 13 nitrogen and oxygen atoms in total. The van der Waals surface area contributed by atoms with E-state index in [2.05, 4.69) is 137 Å². The van der Waals surface area contributed by atoms with Crippen molar-refractivity contribution in [2.45, 2.75) is 264 Å². The molecular formula is C67H124AcN3O10S+7. The fourth-order valence-corrected chi connectivity index (χ4v) is 12.2. The summed E-state index contributed by atoms with van der Waals surface area (Å²) in [5.41, 5.74) is 4.43. The second kappa shape index (κ2) is 41.3. The number of thioether (sulfide) groups is 1. The molecule has 3 aromatic rings. The Morgan fingerprint density at radius 1 is 0.732 bits per heavy atom. The van der Waals surface area contributed by atoms with Crippen molar-refractivity contribution in [3.8, 4) is 40.2 Å². The number of fused-ring (bicyclic) bond motifs is 11. The SMILES string of the molecule is CC(C)C.CCC.CCC.CCC.CCC.CCC.CCC.CCC.CCC.COc1cc2c(cc1O)CCNC21CSC2c3c(O)c(C)c4c(c3C(CCC(=O)C1)[N+]1(O)C(=O)C3Cc5cc(C)c(OC)c(O)c5C(C21)N3C)OCO4.[Ac].[H+].[H+].[H+].[H+].[H+].[H+]. The Labute approximate surface area is 549 Å². The van der Waals surface area contributed by atoms with Crippen LogP contribution in [0.2, 0.25) is 0 Å². The Kier molecular flexibility index (Phi) is 41.0. The van der Waals surface area contributed by atoms with Gasteiger partial charge in [0.1, 0.15) is 17.6 Å². The molecule has 7 atom stereocenters. The number of hydroxylamine groups is 3. The van der Waals surface area contributed by atoms with Gasteiger partial charge in [-0.25, -0.2) is 10.0 Å². The zero-order chi connectivity index (χ0) is 62.5. The van der Waals surface area contributed by atoms with Gasteiger partial charge >= 0.3 is 14.5 Å². The number of phenolic OH excluding ortho intramolecular Hbond substituents is 3. The van der Waals surface area contributed by atoms with Crippen molar-refractivity contribution in [2.24, 2.45) is 5.92 Å². The van der Waals surface area contributed by atoms with Crippen LogP contribution in [0.5, 0.6) is 40.2 Å². The zero-order valence-corrected chi connectivity index (χ0v) is 61.7. The molecule has 15 heteroatoms. The average molecular weight is 1390 g/mol. The van der Waals surface area contributed by atoms with Gasteiger partial charge in [-0.05, 0) is 67.6 Å². The number of quaternary nitrogens is 1. The maximum Gasteiger partial charge on any atom is 1.00 e. The summed E-state index contributed by atoms with van der Waals surface area (Å²) in [6.07, 6.45) is 11.1. The van der Waals surface area contributed by atoms with E-state index in [9.17, 15) is 25.3 Å². The number of benzene rings is 3. The summed E-state index contributed by atoms with van der Waals surface area (Å²) in [7, 11) is 4.85. The van der Waals surface area contributed by atoms with Gasteiger partial charge in [0.05, 0.1) is 36.6 Å². The average Bonchev–Trinajstić information content (AvgIpc) is 0.870. The van der Waals surface area contributed by atoms with E-state index in [-0.39, 0.29) is 108 Å². The maximum absolute atomic E-state index is 15.2. The zero-order valence-electron chi connectivity index (χ0n) is 62.1. The molecule has 5 N–H and O–H groups in total. The van der Waals surface area contributed by atoms with Crippen LogP contribution in [0.15, 0.2) is 18.2 Å². The van der Waals surface area contributed by atoms with Crippen LogP contribution in [0.1, 0.15) is 273 Å². The molecule has 7 unspecified atom stereocenters. The molecule has 9 rings (SSSR count). The molecule has 6 aliphatic rings. The molecule has 4 bridgehead atoms. The number of amides is 1. The first-order valence-corrected chi connectivity index (χ1v) is 32.2. The first-order valence-electron chi connectivity index (χ1n) is 31.1. The van der Waals surface area contributed by atoms with Gasteiger partial charge in [0.25, 0.3) is 0 Å². The Morgan fingerprint density at radius 2 is 1.23 bits per heavy atom. The van der Waals surface area contributed by atoms with Crippen molar-refractivity contribution in [3.63, 3.8) is 0 Å². The molecule has 0 aliphatic carbocycles. The van der Waals surface area contributed by atoms with E-state index in [1.165, 1.54) is 77.3 Å². The van der Waals surface area contributed by atoms with Crippen LogP contribution in [0.4, 0.5) is 0 Å². The predicted octanol–water partition coefficient (Wildman–Crippen LogP) is 18.2. The summed E-state index contributed by atoms with van der Waals surface area (Å²) in [4.78, 5) is 31.4. The molecule has 469 valence electrons. The van der Waals surface area contributed by atoms with E-state index in [1.807, 2.05) is 24.9 Å². The van der Waals surface area contributed by atoms with E-state index in [4.69, 9.17) is 18.9 Å². The number of phenols is 3. The number of Topliss-reactive ketones (excluding diaryl/α,β-unsaturated/α-hetero) is 1. The van der Waals surface area contributed by atoms with Gasteiger partial charge in [0.15, 0.2) is 46.6 Å². The van der Waals surface area contributed by atoms with Crippen molar-refractivity contribution in [3.05, 3.63) is 62.7 Å². The smallest absolute Gasteiger partial charge is 0.507 e. The van der Waals surface area contributed by atoms with Gasteiger partial charge in [-0.15, -0.1) is 16.4 Å². The molecule has 6 aliphatic heterocycles. The first kappa shape index (κ1) is 81.3. The van der Waals surface area contributed by atoms with Gasteiger partial charge in [-0.1, -0.05) is 189 Å². The number of ketones is 1. The number of methoxy groups -OCH3 is 2. The number of aromatic hydroxyl groups is 3. The second-order valence-electron chi connectivity index (χ2n) is 22.7. The summed E-state index contributed by atoms with van der Waals surface area (Å²) in [5, 5.41) is 51.3. The standard InChI is InChI=1S/C39H43N3O10S.C4H10.8C3H8.Ac/c1-17-10-20-11-23-38(47)42(48)24-7-6-21(43)14-39(22-13-26(49-4)25(44)12-19(22)8-9-40-39)15-53-37(29-28(24)36-35(51-16-52-36)18(2)32(29)45)31(42)30(41(23)3)27(20)33(46)34(17)50-5;1-4(2)3;8*1-3-2;/h10,12-13,23-24,30-31,37,40,48H,6-9,11,14-16H2,1-5H3,(H2-,44,45,46);4H,1-3H3;8*3H2,1-2H3;/p+7. The van der Waals surface area contributed by atoms with Gasteiger partial charge < -0.3 is 39.6 Å². The van der Waals surface area contributed by atoms with Crippen molar-refractivity contribution < 1.29 is 106 Å². The number of ether oxygens (including phenoxy) is 4. The van der Waals surface area contributed by atoms with Crippen LogP contribution >= 0.6 is 11.8 Å². The van der Waals surface area contributed by atoms with Crippen molar-refractivity contribution >= 4 is 23.5 Å². The fourth-order valence-electron chi connectivity index (χ4n) is 10.5. The third-order valence-corrected chi connectivity index (χ3v) is 14.3. The monoisotopic (exact) mass is 1390 g/mol. The molecule has 1 saturated heterocycles. The van der Waals surface area contributed by atoms with E-state index < -0.39 is 45.5 Å². The van der Waals surface area contributed by atoms with E-state index in [1.54, 1.807) is 19.1 Å². The minimum atomic E-state index is -1.02. The van der Waals surface area contributed by atoms with Crippen LogP contribution in [0.3, 0.4) is 0 Å². The first-order chi connectivity index (χ1) is 38.4. The number of piperazine rings is 1. The summed E-state index contributed by atoms with van der Waals surface area (Å²) >= 11 is 1.45. The molecular weight excluding hydrogens is 1270 g/mol. The molecule has 0 aromatic heterocycles. The second-order valence-corrected chi connectivity index (χ2v) is 23.9. The van der Waals surface area contributed by atoms with Crippen molar-refractivity contribution in [2.75, 3.05) is 40.4 Å². The van der Waals surface area contributed by atoms with Gasteiger partial charge in [0, 0.05) is 98.7 Å². The fraction of sp³-hybridized carbons (Fsp3) is 0.701. The van der Waals surface area contributed by atoms with Crippen LogP contribution in [0, 0.1) is 63.8 Å². The van der Waals surface area contributed by atoms with Crippen LogP contribution < -0.4 is 24.3 Å². The summed E-state index contributed by atoms with van der Waals surface area (Å²) in [6.45, 7) is 44.6. The topological polar surface area (TPSA) is 167 Å². The van der Waals surface area contributed by atoms with E-state index in [0.717, 1.165) is 28.2 Å². The third kappa shape index (κ3) is 19.9. The minimum Gasteiger partial charge on any atom is -0.507 e. The number of rotatable bonds is 2. The molecule has 1 fully saturated rings. The number of carbonyl (C=O) groups excluding carboxylic acids is 2. The molecule has 82 heavy (non-hydrogen) atoms. The van der Waals surface area contributed by atoms with Crippen molar-refractivity contribution in [1.82, 2.24) is 10.2 Å². The number of nitrogens with one attached hydrogen (secondary N) is 1. The Hall–Kier alpha value is -2.77. The molecule has 1 radical (unpaired) electrons. The molecule has 3 aromatic carbocycles. The summed E-state index contributed by atoms with van der Waals surface area (Å²) < 4.78 is 22.2. The predicted molar refractivity (Wildman–Crippen MR) is 347 cm³/mol. The molecule has 1 amide bonds. The number of carbonyl (C=O) groups is 2. The number of hydrogen-bond acceptors (Lipinski definition) is 13. The molecule has 0 saturated carbocycles.